The molecular weight excluding hydrogens is 500 g/mol. The van der Waals surface area contributed by atoms with E-state index >= 15 is 0 Å². The standard InChI is InChI=1S/C28H36N6O5/c1-33-12-18-13-34(14-18)15-19-11-29-27-25(19)28(31-17-30-27)32-20-9-22(36-2)26(23(10-20)39-16-24(33)35)38-8-7-37-21-5-3-4-6-21/h9-11,17-18,21H,3-8,12-16H2,1-2H3,(H2,29,30,31,32). The largest absolute Gasteiger partial charge is 0.493 e. The predicted molar refractivity (Wildman–Crippen MR) is 146 cm³/mol. The van der Waals surface area contributed by atoms with E-state index in [1.54, 1.807) is 12.0 Å². The van der Waals surface area contributed by atoms with Gasteiger partial charge in [-0.05, 0) is 18.4 Å². The first-order valence-electron chi connectivity index (χ1n) is 13.7. The highest BCUT2D eigenvalue weighted by Crippen LogP contribution is 2.42. The molecule has 1 aromatic carbocycles. The summed E-state index contributed by atoms with van der Waals surface area (Å²) in [6.07, 6.45) is 8.48. The number of methoxy groups -OCH3 is 1. The minimum absolute atomic E-state index is 0.0844. The molecule has 2 fully saturated rings. The van der Waals surface area contributed by atoms with Gasteiger partial charge in [-0.25, -0.2) is 9.97 Å². The van der Waals surface area contributed by atoms with Gasteiger partial charge in [-0.2, -0.15) is 0 Å². The minimum atomic E-state index is -0.103. The Kier molecular flexibility index (Phi) is 7.43. The Morgan fingerprint density at radius 1 is 1.13 bits per heavy atom. The lowest BCUT2D eigenvalue weighted by atomic mass is 9.98. The third kappa shape index (κ3) is 5.60. The molecule has 0 unspecified atom stereocenters. The Morgan fingerprint density at radius 3 is 2.79 bits per heavy atom. The SMILES string of the molecule is COc1cc2cc(c1OCCOC1CCCC1)OCC(=O)N(C)CC1CN(Cc3c[nH]c4ncnc(c34)N2)C1. The fraction of sp³-hybridized carbons (Fsp3) is 0.536. The quantitative estimate of drug-likeness (QED) is 0.458. The monoisotopic (exact) mass is 536 g/mol. The maximum absolute atomic E-state index is 13.0. The Balaban J connectivity index is 1.31. The lowest BCUT2D eigenvalue weighted by molar-refractivity contribution is -0.133. The Labute approximate surface area is 227 Å². The van der Waals surface area contributed by atoms with Crippen LogP contribution in [0.2, 0.25) is 0 Å². The minimum Gasteiger partial charge on any atom is -0.493 e. The number of likely N-dealkylation sites (N-methyl/N-ethyl adjacent to an activating group) is 1. The summed E-state index contributed by atoms with van der Waals surface area (Å²) in [4.78, 5) is 29.3. The first-order valence-corrected chi connectivity index (χ1v) is 13.7. The number of carbonyl (C=O) groups is 1. The second-order valence-electron chi connectivity index (χ2n) is 10.6. The number of ether oxygens (including phenoxy) is 4. The van der Waals surface area contributed by atoms with Crippen LogP contribution in [-0.2, 0) is 16.1 Å². The van der Waals surface area contributed by atoms with Crippen molar-refractivity contribution in [1.29, 1.82) is 0 Å². The van der Waals surface area contributed by atoms with E-state index in [1.165, 1.54) is 19.2 Å². The number of anilines is 2. The number of aromatic amines is 1. The average Bonchev–Trinajstić information content (AvgIpc) is 3.59. The maximum Gasteiger partial charge on any atom is 0.260 e. The number of nitrogens with one attached hydrogen (secondary N) is 2. The van der Waals surface area contributed by atoms with Gasteiger partial charge in [0.2, 0.25) is 5.75 Å². The number of H-pyrrole nitrogens is 1. The normalized spacial score (nSPS) is 21.8. The van der Waals surface area contributed by atoms with E-state index in [1.807, 2.05) is 25.4 Å². The van der Waals surface area contributed by atoms with Gasteiger partial charge in [0.05, 0.1) is 25.2 Å². The number of fused-ring (bicyclic) bond motifs is 4. The third-order valence-corrected chi connectivity index (χ3v) is 7.78. The summed E-state index contributed by atoms with van der Waals surface area (Å²) >= 11 is 0. The number of hydrogen-bond donors (Lipinski definition) is 2. The molecule has 0 spiro atoms. The van der Waals surface area contributed by atoms with E-state index in [0.717, 1.165) is 49.1 Å². The molecule has 1 saturated heterocycles. The molecule has 0 atom stereocenters. The number of nitrogens with zero attached hydrogens (tertiary/aromatic N) is 4. The number of benzene rings is 1. The van der Waals surface area contributed by atoms with Gasteiger partial charge in [0.15, 0.2) is 18.1 Å². The van der Waals surface area contributed by atoms with Crippen LogP contribution in [0.5, 0.6) is 17.2 Å². The zero-order chi connectivity index (χ0) is 26.8. The number of aromatic nitrogens is 3. The number of carbonyl (C=O) groups excluding carboxylic acids is 1. The van der Waals surface area contributed by atoms with Crippen LogP contribution in [0, 0.1) is 5.92 Å². The van der Waals surface area contributed by atoms with Crippen molar-refractivity contribution in [2.75, 3.05) is 58.9 Å². The smallest absolute Gasteiger partial charge is 0.260 e. The highest BCUT2D eigenvalue weighted by Gasteiger charge is 2.30. The van der Waals surface area contributed by atoms with Gasteiger partial charge in [-0.1, -0.05) is 12.8 Å². The summed E-state index contributed by atoms with van der Waals surface area (Å²) in [5.41, 5.74) is 2.59. The Hall–Kier alpha value is -3.57. The van der Waals surface area contributed by atoms with Crippen LogP contribution in [0.3, 0.4) is 0 Å². The molecule has 4 bridgehead atoms. The van der Waals surface area contributed by atoms with Crippen molar-refractivity contribution in [3.05, 3.63) is 30.2 Å². The summed E-state index contributed by atoms with van der Waals surface area (Å²) in [5, 5.41) is 4.37. The van der Waals surface area contributed by atoms with Crippen LogP contribution in [-0.4, -0.2) is 90.4 Å². The van der Waals surface area contributed by atoms with Crippen LogP contribution in [0.4, 0.5) is 11.5 Å². The fourth-order valence-electron chi connectivity index (χ4n) is 5.75. The molecule has 2 N–H and O–H groups in total. The molecule has 1 amide bonds. The second kappa shape index (κ2) is 11.3. The Bertz CT molecular complexity index is 1320. The van der Waals surface area contributed by atoms with E-state index < -0.39 is 0 Å². The molecule has 208 valence electrons. The summed E-state index contributed by atoms with van der Waals surface area (Å²) in [6, 6.07) is 3.66. The van der Waals surface area contributed by atoms with Crippen LogP contribution >= 0.6 is 0 Å². The molecule has 39 heavy (non-hydrogen) atoms. The van der Waals surface area contributed by atoms with Crippen LogP contribution < -0.4 is 19.5 Å². The highest BCUT2D eigenvalue weighted by molar-refractivity contribution is 5.92. The van der Waals surface area contributed by atoms with Crippen molar-refractivity contribution >= 4 is 28.4 Å². The lowest BCUT2D eigenvalue weighted by Gasteiger charge is -2.41. The van der Waals surface area contributed by atoms with Crippen molar-refractivity contribution in [2.45, 2.75) is 38.3 Å². The molecule has 11 nitrogen and oxygen atoms in total. The Morgan fingerprint density at radius 2 is 1.97 bits per heavy atom. The molecule has 3 aliphatic heterocycles. The maximum atomic E-state index is 13.0. The van der Waals surface area contributed by atoms with Gasteiger partial charge in [0, 0.05) is 63.2 Å². The van der Waals surface area contributed by atoms with Crippen molar-refractivity contribution in [3.8, 4) is 17.2 Å². The van der Waals surface area contributed by atoms with Gasteiger partial charge in [-0.3, -0.25) is 9.69 Å². The van der Waals surface area contributed by atoms with Gasteiger partial charge in [0.1, 0.15) is 24.4 Å². The molecule has 11 heteroatoms. The van der Waals surface area contributed by atoms with Crippen LogP contribution in [0.15, 0.2) is 24.7 Å². The van der Waals surface area contributed by atoms with Gasteiger partial charge in [-0.15, -0.1) is 0 Å². The molecule has 7 rings (SSSR count). The molecule has 2 aromatic heterocycles. The van der Waals surface area contributed by atoms with E-state index in [9.17, 15) is 4.79 Å². The summed E-state index contributed by atoms with van der Waals surface area (Å²) in [7, 11) is 3.42. The number of amides is 1. The first-order chi connectivity index (χ1) is 19.1. The molecule has 1 aliphatic carbocycles. The van der Waals surface area contributed by atoms with E-state index in [0.29, 0.717) is 60.5 Å². The molecular formula is C28H36N6O5. The van der Waals surface area contributed by atoms with E-state index in [2.05, 4.69) is 25.2 Å². The average molecular weight is 537 g/mol. The molecule has 0 radical (unpaired) electrons. The van der Waals surface area contributed by atoms with Crippen LogP contribution in [0.1, 0.15) is 31.2 Å². The van der Waals surface area contributed by atoms with Crippen molar-refractivity contribution in [3.63, 3.8) is 0 Å². The van der Waals surface area contributed by atoms with Crippen molar-refractivity contribution < 1.29 is 23.7 Å². The van der Waals surface area contributed by atoms with E-state index in [-0.39, 0.29) is 12.5 Å². The van der Waals surface area contributed by atoms with Gasteiger partial charge < -0.3 is 34.1 Å². The van der Waals surface area contributed by atoms with Crippen LogP contribution in [0.25, 0.3) is 11.0 Å². The van der Waals surface area contributed by atoms with Crippen molar-refractivity contribution in [1.82, 2.24) is 24.8 Å². The zero-order valence-electron chi connectivity index (χ0n) is 22.6. The first kappa shape index (κ1) is 25.7. The summed E-state index contributed by atoms with van der Waals surface area (Å²) in [5.74, 6) is 2.37. The molecule has 5 heterocycles. The summed E-state index contributed by atoms with van der Waals surface area (Å²) in [6.45, 7) is 4.05. The lowest BCUT2D eigenvalue weighted by Crippen LogP contribution is -2.51. The third-order valence-electron chi connectivity index (χ3n) is 7.78. The molecule has 4 aliphatic rings. The zero-order valence-corrected chi connectivity index (χ0v) is 22.6. The second-order valence-corrected chi connectivity index (χ2v) is 10.6. The van der Waals surface area contributed by atoms with Gasteiger partial charge >= 0.3 is 0 Å². The van der Waals surface area contributed by atoms with Crippen molar-refractivity contribution in [2.24, 2.45) is 5.92 Å². The fourth-order valence-corrected chi connectivity index (χ4v) is 5.75. The molecule has 1 saturated carbocycles. The van der Waals surface area contributed by atoms with E-state index in [4.69, 9.17) is 18.9 Å². The number of rotatable bonds is 6. The predicted octanol–water partition coefficient (Wildman–Crippen LogP) is 3.33. The molecule has 3 aromatic rings. The highest BCUT2D eigenvalue weighted by atomic mass is 16.6. The topological polar surface area (TPSA) is 114 Å². The van der Waals surface area contributed by atoms with Gasteiger partial charge in [0.25, 0.3) is 5.91 Å². The summed E-state index contributed by atoms with van der Waals surface area (Å²) < 4.78 is 23.9. The number of hydrogen-bond acceptors (Lipinski definition) is 9.